The fraction of sp³-hybridized carbons (Fsp3) is 0.368. The van der Waals surface area contributed by atoms with Crippen molar-refractivity contribution in [1.29, 1.82) is 5.26 Å². The summed E-state index contributed by atoms with van der Waals surface area (Å²) < 4.78 is 5.46. The molecule has 1 fully saturated rings. The number of hydrogen-bond donors (Lipinski definition) is 1. The minimum Gasteiger partial charge on any atom is -0.482 e. The van der Waals surface area contributed by atoms with Crippen molar-refractivity contribution in [3.05, 3.63) is 42.4 Å². The highest BCUT2D eigenvalue weighted by atomic mass is 16.5. The SMILES string of the molecule is N#CC1CCCN(Cc2cc(-c3cnccn3)ccc2OCC(=O)O)C1. The number of rotatable bonds is 6. The molecule has 2 aromatic rings. The van der Waals surface area contributed by atoms with Crippen molar-refractivity contribution >= 4 is 5.97 Å². The third-order valence-corrected chi connectivity index (χ3v) is 4.35. The topological polar surface area (TPSA) is 99.3 Å². The maximum atomic E-state index is 10.9. The van der Waals surface area contributed by atoms with Crippen molar-refractivity contribution in [2.24, 2.45) is 5.92 Å². The number of benzene rings is 1. The summed E-state index contributed by atoms with van der Waals surface area (Å²) in [4.78, 5) is 21.5. The predicted octanol–water partition coefficient (Wildman–Crippen LogP) is 2.34. The molecule has 1 aromatic heterocycles. The normalized spacial score (nSPS) is 17.4. The zero-order chi connectivity index (χ0) is 18.4. The van der Waals surface area contributed by atoms with Gasteiger partial charge in [-0.25, -0.2) is 4.79 Å². The zero-order valence-electron chi connectivity index (χ0n) is 14.3. The van der Waals surface area contributed by atoms with E-state index in [1.54, 1.807) is 24.7 Å². The molecule has 26 heavy (non-hydrogen) atoms. The first-order valence-electron chi connectivity index (χ1n) is 8.51. The molecule has 134 valence electrons. The van der Waals surface area contributed by atoms with Crippen LogP contribution in [0.4, 0.5) is 0 Å². The lowest BCUT2D eigenvalue weighted by Gasteiger charge is -2.30. The highest BCUT2D eigenvalue weighted by Crippen LogP contribution is 2.28. The minimum absolute atomic E-state index is 0.0373. The van der Waals surface area contributed by atoms with Crippen molar-refractivity contribution in [3.63, 3.8) is 0 Å². The number of piperidine rings is 1. The first-order valence-corrected chi connectivity index (χ1v) is 8.51. The Hall–Kier alpha value is -2.98. The van der Waals surface area contributed by atoms with Crippen LogP contribution in [0.25, 0.3) is 11.3 Å². The third kappa shape index (κ3) is 4.55. The molecule has 0 aliphatic carbocycles. The summed E-state index contributed by atoms with van der Waals surface area (Å²) in [7, 11) is 0. The average Bonchev–Trinajstić information content (AvgIpc) is 2.67. The van der Waals surface area contributed by atoms with Gasteiger partial charge in [0.05, 0.1) is 23.9 Å². The second-order valence-corrected chi connectivity index (χ2v) is 6.30. The number of aliphatic carboxylic acids is 1. The van der Waals surface area contributed by atoms with Crippen molar-refractivity contribution in [2.45, 2.75) is 19.4 Å². The molecular weight excluding hydrogens is 332 g/mol. The molecule has 0 saturated carbocycles. The molecule has 1 aliphatic rings. The third-order valence-electron chi connectivity index (χ3n) is 4.35. The van der Waals surface area contributed by atoms with Crippen LogP contribution in [0.2, 0.25) is 0 Å². The van der Waals surface area contributed by atoms with Crippen LogP contribution in [-0.2, 0) is 11.3 Å². The molecule has 3 rings (SSSR count). The Morgan fingerprint density at radius 3 is 3.04 bits per heavy atom. The Balaban J connectivity index is 1.85. The van der Waals surface area contributed by atoms with E-state index in [0.717, 1.165) is 36.2 Å². The Labute approximate surface area is 151 Å². The van der Waals surface area contributed by atoms with Gasteiger partial charge in [0.25, 0.3) is 0 Å². The first-order chi connectivity index (χ1) is 12.7. The number of carbonyl (C=O) groups is 1. The number of hydrogen-bond acceptors (Lipinski definition) is 6. The lowest BCUT2D eigenvalue weighted by molar-refractivity contribution is -0.139. The number of aromatic nitrogens is 2. The van der Waals surface area contributed by atoms with Gasteiger partial charge in [-0.05, 0) is 37.6 Å². The molecule has 7 heteroatoms. The van der Waals surface area contributed by atoms with E-state index in [1.165, 1.54) is 0 Å². The molecule has 0 amide bonds. The molecule has 1 aromatic carbocycles. The van der Waals surface area contributed by atoms with E-state index in [1.807, 2.05) is 12.1 Å². The Kier molecular flexibility index (Phi) is 5.77. The molecule has 0 radical (unpaired) electrons. The summed E-state index contributed by atoms with van der Waals surface area (Å²) in [5.41, 5.74) is 2.52. The van der Waals surface area contributed by atoms with Crippen molar-refractivity contribution < 1.29 is 14.6 Å². The van der Waals surface area contributed by atoms with E-state index in [9.17, 15) is 10.1 Å². The van der Waals surface area contributed by atoms with Gasteiger partial charge in [-0.3, -0.25) is 14.9 Å². The van der Waals surface area contributed by atoms with Gasteiger partial charge in [-0.2, -0.15) is 5.26 Å². The maximum Gasteiger partial charge on any atom is 0.341 e. The molecule has 1 N–H and O–H groups in total. The van der Waals surface area contributed by atoms with Crippen LogP contribution in [0.3, 0.4) is 0 Å². The highest BCUT2D eigenvalue weighted by molar-refractivity contribution is 5.69. The second-order valence-electron chi connectivity index (χ2n) is 6.30. The van der Waals surface area contributed by atoms with Crippen LogP contribution in [0, 0.1) is 17.2 Å². The fourth-order valence-corrected chi connectivity index (χ4v) is 3.14. The van der Waals surface area contributed by atoms with Crippen LogP contribution in [0.1, 0.15) is 18.4 Å². The average molecular weight is 352 g/mol. The highest BCUT2D eigenvalue weighted by Gasteiger charge is 2.21. The number of ether oxygens (including phenoxy) is 1. The van der Waals surface area contributed by atoms with Crippen molar-refractivity contribution in [2.75, 3.05) is 19.7 Å². The second kappa shape index (κ2) is 8.41. The van der Waals surface area contributed by atoms with Gasteiger partial charge >= 0.3 is 5.97 Å². The van der Waals surface area contributed by atoms with Crippen LogP contribution in [-0.4, -0.2) is 45.6 Å². The molecular formula is C19H20N4O3. The van der Waals surface area contributed by atoms with Crippen LogP contribution in [0.15, 0.2) is 36.8 Å². The number of carboxylic acids is 1. The van der Waals surface area contributed by atoms with Gasteiger partial charge in [0.15, 0.2) is 6.61 Å². The van der Waals surface area contributed by atoms with Gasteiger partial charge in [0.1, 0.15) is 5.75 Å². The lowest BCUT2D eigenvalue weighted by Crippen LogP contribution is -2.34. The van der Waals surface area contributed by atoms with Gasteiger partial charge in [-0.1, -0.05) is 0 Å². The van der Waals surface area contributed by atoms with Gasteiger partial charge < -0.3 is 9.84 Å². The quantitative estimate of drug-likeness (QED) is 0.852. The molecule has 0 bridgehead atoms. The minimum atomic E-state index is -1.02. The maximum absolute atomic E-state index is 10.9. The standard InChI is InChI=1S/C19H20N4O3/c20-9-14-2-1-7-23(11-14)12-16-8-15(17-10-21-5-6-22-17)3-4-18(16)26-13-19(24)25/h3-6,8,10,14H,1-2,7,11-13H2,(H,24,25). The zero-order valence-corrected chi connectivity index (χ0v) is 14.3. The van der Waals surface area contributed by atoms with E-state index < -0.39 is 12.6 Å². The smallest absolute Gasteiger partial charge is 0.341 e. The summed E-state index contributed by atoms with van der Waals surface area (Å²) in [6.45, 7) is 1.83. The molecule has 1 saturated heterocycles. The summed E-state index contributed by atoms with van der Waals surface area (Å²) in [6, 6.07) is 7.92. The van der Waals surface area contributed by atoms with E-state index in [0.29, 0.717) is 18.8 Å². The van der Waals surface area contributed by atoms with Crippen LogP contribution in [0.5, 0.6) is 5.75 Å². The summed E-state index contributed by atoms with van der Waals surface area (Å²) >= 11 is 0. The first kappa shape index (κ1) is 17.8. The molecule has 1 atom stereocenters. The molecule has 7 nitrogen and oxygen atoms in total. The summed E-state index contributed by atoms with van der Waals surface area (Å²) in [6.07, 6.45) is 6.84. The molecule has 1 aliphatic heterocycles. The van der Waals surface area contributed by atoms with Crippen molar-refractivity contribution in [1.82, 2.24) is 14.9 Å². The predicted molar refractivity (Wildman–Crippen MR) is 94.2 cm³/mol. The van der Waals surface area contributed by atoms with Gasteiger partial charge in [0, 0.05) is 36.6 Å². The van der Waals surface area contributed by atoms with E-state index >= 15 is 0 Å². The number of nitrogens with zero attached hydrogens (tertiary/aromatic N) is 4. The number of nitriles is 1. The largest absolute Gasteiger partial charge is 0.482 e. The number of carboxylic acid groups (broad SMARTS) is 1. The fourth-order valence-electron chi connectivity index (χ4n) is 3.14. The molecule has 1 unspecified atom stereocenters. The van der Waals surface area contributed by atoms with E-state index in [2.05, 4.69) is 20.9 Å². The van der Waals surface area contributed by atoms with Crippen molar-refractivity contribution in [3.8, 4) is 23.1 Å². The molecule has 2 heterocycles. The van der Waals surface area contributed by atoms with E-state index in [-0.39, 0.29) is 5.92 Å². The summed E-state index contributed by atoms with van der Waals surface area (Å²) in [5.74, 6) is -0.439. The van der Waals surface area contributed by atoms with Gasteiger partial charge in [0.2, 0.25) is 0 Å². The molecule has 0 spiro atoms. The van der Waals surface area contributed by atoms with Gasteiger partial charge in [-0.15, -0.1) is 0 Å². The lowest BCUT2D eigenvalue weighted by atomic mass is 9.98. The Morgan fingerprint density at radius 1 is 1.42 bits per heavy atom. The Bertz CT molecular complexity index is 804. The Morgan fingerprint density at radius 2 is 2.31 bits per heavy atom. The van der Waals surface area contributed by atoms with Crippen LogP contribution < -0.4 is 4.74 Å². The number of likely N-dealkylation sites (tertiary alicyclic amines) is 1. The summed E-state index contributed by atoms with van der Waals surface area (Å²) in [5, 5.41) is 18.1. The monoisotopic (exact) mass is 352 g/mol. The van der Waals surface area contributed by atoms with E-state index in [4.69, 9.17) is 9.84 Å². The van der Waals surface area contributed by atoms with Crippen LogP contribution >= 0.6 is 0 Å².